The molecule has 8 aromatic carbocycles. The van der Waals surface area contributed by atoms with Crippen LogP contribution in [0.25, 0.3) is 42.4 Å². The van der Waals surface area contributed by atoms with Crippen molar-refractivity contribution in [1.29, 1.82) is 0 Å². The number of nitrogens with zero attached hydrogens (tertiary/aromatic N) is 2. The van der Waals surface area contributed by atoms with Gasteiger partial charge in [-0.15, -0.1) is 11.3 Å². The predicted octanol–water partition coefficient (Wildman–Crippen LogP) is 14.6. The lowest BCUT2D eigenvalue weighted by Gasteiger charge is -2.26. The molecule has 0 unspecified atom stereocenters. The number of thiophene rings is 1. The third-order valence-electron chi connectivity index (χ3n) is 9.94. The summed E-state index contributed by atoms with van der Waals surface area (Å²) in [6.45, 7) is 0. The van der Waals surface area contributed by atoms with Gasteiger partial charge in [-0.3, -0.25) is 0 Å². The summed E-state index contributed by atoms with van der Waals surface area (Å²) < 4.78 is 72.6. The molecule has 9 rings (SSSR count). The molecule has 0 aliphatic rings. The first-order valence-corrected chi connectivity index (χ1v) is 20.9. The van der Waals surface area contributed by atoms with Gasteiger partial charge in [-0.2, -0.15) is 21.6 Å². The summed E-state index contributed by atoms with van der Waals surface area (Å²) in [6.07, 6.45) is 0. The summed E-state index contributed by atoms with van der Waals surface area (Å²) in [5.41, 5.74) is 2.90. The second-order valence-electron chi connectivity index (χ2n) is 13.8. The van der Waals surface area contributed by atoms with E-state index < -0.39 is 21.4 Å². The standard InChI is InChI=1S/C49H33F3N2O3S2/c50-49(51,52)59(55,56)57-43-32-44(36-16-14-26-42(30-36)54(39-21-9-3-10-22-39)40-23-11-4-12-24-40)48-46(33-43)45-31-35(27-28-47(45)58-48)34-15-13-25-41(29-34)53(37-17-5-1-6-18-37)38-19-7-2-8-20-38/h1-33H. The molecule has 1 heterocycles. The summed E-state index contributed by atoms with van der Waals surface area (Å²) in [4.78, 5) is 4.25. The topological polar surface area (TPSA) is 49.9 Å². The highest BCUT2D eigenvalue weighted by atomic mass is 32.2. The molecule has 290 valence electrons. The maximum Gasteiger partial charge on any atom is 0.534 e. The Morgan fingerprint density at radius 3 is 1.37 bits per heavy atom. The Hall–Kier alpha value is -6.88. The molecule has 10 heteroatoms. The Morgan fingerprint density at radius 2 is 0.881 bits per heavy atom. The van der Waals surface area contributed by atoms with E-state index >= 15 is 0 Å². The highest BCUT2D eigenvalue weighted by Crippen LogP contribution is 2.46. The van der Waals surface area contributed by atoms with Gasteiger partial charge < -0.3 is 14.0 Å². The van der Waals surface area contributed by atoms with Gasteiger partial charge in [0.25, 0.3) is 0 Å². The molecule has 0 radical (unpaired) electrons. The fourth-order valence-corrected chi connectivity index (χ4v) is 8.95. The van der Waals surface area contributed by atoms with E-state index in [2.05, 4.69) is 40.1 Å². The molecule has 5 nitrogen and oxygen atoms in total. The molecule has 1 aromatic heterocycles. The fraction of sp³-hybridized carbons (Fsp3) is 0.0204. The van der Waals surface area contributed by atoms with Crippen LogP contribution in [0.2, 0.25) is 0 Å². The average molecular weight is 819 g/mol. The van der Waals surface area contributed by atoms with Crippen molar-refractivity contribution >= 4 is 75.8 Å². The maximum atomic E-state index is 13.7. The summed E-state index contributed by atoms with van der Waals surface area (Å²) in [5, 5.41) is 1.31. The summed E-state index contributed by atoms with van der Waals surface area (Å²) in [6, 6.07) is 64.4. The molecule has 0 amide bonds. The molecule has 9 aromatic rings. The van der Waals surface area contributed by atoms with Crippen molar-refractivity contribution in [2.45, 2.75) is 5.51 Å². The summed E-state index contributed by atoms with van der Waals surface area (Å²) in [5.74, 6) is -0.438. The second-order valence-corrected chi connectivity index (χ2v) is 16.3. The number of fused-ring (bicyclic) bond motifs is 3. The van der Waals surface area contributed by atoms with Crippen molar-refractivity contribution in [3.05, 3.63) is 200 Å². The minimum absolute atomic E-state index is 0.438. The summed E-state index contributed by atoms with van der Waals surface area (Å²) in [7, 11) is -5.97. The van der Waals surface area contributed by atoms with Crippen molar-refractivity contribution in [1.82, 2.24) is 0 Å². The lowest BCUT2D eigenvalue weighted by Crippen LogP contribution is -2.28. The van der Waals surface area contributed by atoms with Gasteiger partial charge >= 0.3 is 15.6 Å². The van der Waals surface area contributed by atoms with Crippen LogP contribution in [0.4, 0.5) is 47.3 Å². The maximum absolute atomic E-state index is 13.7. The van der Waals surface area contributed by atoms with E-state index in [1.165, 1.54) is 23.5 Å². The van der Waals surface area contributed by atoms with Gasteiger partial charge in [0.05, 0.1) is 0 Å². The van der Waals surface area contributed by atoms with Crippen LogP contribution in [0.15, 0.2) is 200 Å². The highest BCUT2D eigenvalue weighted by molar-refractivity contribution is 7.88. The fourth-order valence-electron chi connectivity index (χ4n) is 7.31. The van der Waals surface area contributed by atoms with Gasteiger partial charge in [-0.25, -0.2) is 0 Å². The SMILES string of the molecule is O=S(=O)(Oc1cc(-c2cccc(N(c3ccccc3)c3ccccc3)c2)c2sc3ccc(-c4cccc(N(c5ccccc5)c5ccccc5)c4)cc3c2c1)C(F)(F)F. The number of halogens is 3. The number of hydrogen-bond acceptors (Lipinski definition) is 6. The van der Waals surface area contributed by atoms with E-state index in [1.807, 2.05) is 158 Å². The smallest absolute Gasteiger partial charge is 0.376 e. The number of alkyl halides is 3. The average Bonchev–Trinajstić information content (AvgIpc) is 3.63. The zero-order valence-electron chi connectivity index (χ0n) is 31.1. The Morgan fingerprint density at radius 1 is 0.441 bits per heavy atom. The molecule has 0 N–H and O–H groups in total. The lowest BCUT2D eigenvalue weighted by molar-refractivity contribution is -0.0500. The first kappa shape index (κ1) is 37.7. The number of para-hydroxylation sites is 4. The highest BCUT2D eigenvalue weighted by Gasteiger charge is 2.48. The van der Waals surface area contributed by atoms with Gasteiger partial charge in [0, 0.05) is 59.9 Å². The molecule has 0 atom stereocenters. The Balaban J connectivity index is 1.20. The Labute approximate surface area is 343 Å². The van der Waals surface area contributed by atoms with Crippen LogP contribution in [0.5, 0.6) is 5.75 Å². The van der Waals surface area contributed by atoms with Gasteiger partial charge in [0.15, 0.2) is 0 Å². The van der Waals surface area contributed by atoms with E-state index in [0.29, 0.717) is 16.5 Å². The van der Waals surface area contributed by atoms with Crippen LogP contribution in [-0.4, -0.2) is 13.9 Å². The lowest BCUT2D eigenvalue weighted by atomic mass is 9.99. The van der Waals surface area contributed by atoms with Crippen LogP contribution < -0.4 is 14.0 Å². The van der Waals surface area contributed by atoms with Crippen molar-refractivity contribution < 1.29 is 25.8 Å². The van der Waals surface area contributed by atoms with Crippen LogP contribution in [-0.2, 0) is 10.1 Å². The minimum atomic E-state index is -5.97. The minimum Gasteiger partial charge on any atom is -0.376 e. The van der Waals surface area contributed by atoms with E-state index in [-0.39, 0.29) is 0 Å². The third kappa shape index (κ3) is 7.51. The third-order valence-corrected chi connectivity index (χ3v) is 12.1. The molecule has 0 spiro atoms. The van der Waals surface area contributed by atoms with E-state index in [4.69, 9.17) is 4.18 Å². The predicted molar refractivity (Wildman–Crippen MR) is 235 cm³/mol. The molecule has 0 aliphatic heterocycles. The quantitative estimate of drug-likeness (QED) is 0.102. The van der Waals surface area contributed by atoms with Crippen LogP contribution >= 0.6 is 11.3 Å². The van der Waals surface area contributed by atoms with Crippen LogP contribution in [0.1, 0.15) is 0 Å². The molecule has 0 bridgehead atoms. The number of anilines is 6. The largest absolute Gasteiger partial charge is 0.534 e. The monoisotopic (exact) mass is 818 g/mol. The zero-order chi connectivity index (χ0) is 40.6. The molecule has 59 heavy (non-hydrogen) atoms. The van der Waals surface area contributed by atoms with Crippen LogP contribution in [0.3, 0.4) is 0 Å². The van der Waals surface area contributed by atoms with Crippen molar-refractivity contribution in [3.63, 3.8) is 0 Å². The molecule has 0 saturated heterocycles. The molecule has 0 saturated carbocycles. The Bertz CT molecular complexity index is 2950. The van der Waals surface area contributed by atoms with E-state index in [0.717, 1.165) is 60.0 Å². The first-order chi connectivity index (χ1) is 28.6. The van der Waals surface area contributed by atoms with Crippen molar-refractivity contribution in [2.75, 3.05) is 9.80 Å². The number of rotatable bonds is 10. The number of benzene rings is 8. The van der Waals surface area contributed by atoms with Crippen molar-refractivity contribution in [3.8, 4) is 28.0 Å². The van der Waals surface area contributed by atoms with Crippen molar-refractivity contribution in [2.24, 2.45) is 0 Å². The first-order valence-electron chi connectivity index (χ1n) is 18.7. The second kappa shape index (κ2) is 15.5. The molecule has 0 aliphatic carbocycles. The van der Waals surface area contributed by atoms with E-state index in [1.54, 1.807) is 0 Å². The molecular formula is C49H33F3N2O3S2. The molecular weight excluding hydrogens is 786 g/mol. The van der Waals surface area contributed by atoms with Gasteiger partial charge in [0.1, 0.15) is 5.75 Å². The molecule has 0 fully saturated rings. The summed E-state index contributed by atoms with van der Waals surface area (Å²) >= 11 is 1.48. The number of hydrogen-bond donors (Lipinski definition) is 0. The van der Waals surface area contributed by atoms with Gasteiger partial charge in [-0.1, -0.05) is 103 Å². The van der Waals surface area contributed by atoms with E-state index in [9.17, 15) is 21.6 Å². The van der Waals surface area contributed by atoms with Gasteiger partial charge in [-0.05, 0) is 114 Å². The van der Waals surface area contributed by atoms with Gasteiger partial charge in [0.2, 0.25) is 0 Å². The zero-order valence-corrected chi connectivity index (χ0v) is 32.8. The van der Waals surface area contributed by atoms with Crippen LogP contribution in [0, 0.1) is 0 Å². The Kier molecular flexibility index (Phi) is 9.88. The normalized spacial score (nSPS) is 11.8.